The summed E-state index contributed by atoms with van der Waals surface area (Å²) in [6.45, 7) is 0. The van der Waals surface area contributed by atoms with Gasteiger partial charge in [0.2, 0.25) is 0 Å². The molecule has 2 fully saturated rings. The summed E-state index contributed by atoms with van der Waals surface area (Å²) in [5.74, 6) is 2.30. The number of carbonyl (C=O) groups is 1. The molecule has 2 N–H and O–H groups in total. The van der Waals surface area contributed by atoms with E-state index in [9.17, 15) is 4.79 Å². The third-order valence-electron chi connectivity index (χ3n) is 6.10. The number of benzene rings is 1. The maximum Gasteiger partial charge on any atom is 0.271 e. The van der Waals surface area contributed by atoms with Crippen molar-refractivity contribution in [2.45, 2.75) is 25.7 Å². The van der Waals surface area contributed by atoms with E-state index in [1.807, 2.05) is 12.1 Å². The fourth-order valence-corrected chi connectivity index (χ4v) is 4.35. The number of anilines is 1. The van der Waals surface area contributed by atoms with Crippen LogP contribution in [0.2, 0.25) is 0 Å². The van der Waals surface area contributed by atoms with Crippen LogP contribution in [0.3, 0.4) is 0 Å². The Bertz CT molecular complexity index is 849. The summed E-state index contributed by atoms with van der Waals surface area (Å²) in [6, 6.07) is 7.38. The largest absolute Gasteiger partial charge is 0.279 e. The molecular weight excluding hydrogens is 324 g/mol. The van der Waals surface area contributed by atoms with Crippen molar-refractivity contribution in [1.82, 2.24) is 5.43 Å². The molecule has 4 aliphatic rings. The summed E-state index contributed by atoms with van der Waals surface area (Å²) >= 11 is 0. The first-order chi connectivity index (χ1) is 12.8. The van der Waals surface area contributed by atoms with Gasteiger partial charge in [0.05, 0.1) is 5.69 Å². The minimum Gasteiger partial charge on any atom is -0.279 e. The Hall–Kier alpha value is -2.69. The van der Waals surface area contributed by atoms with Crippen LogP contribution in [0.15, 0.2) is 58.8 Å². The number of nitrogens with zero attached hydrogens (tertiary/aromatic N) is 2. The molecule has 4 aliphatic carbocycles. The fraction of sp³-hybridized carbons (Fsp3) is 0.381. The summed E-state index contributed by atoms with van der Waals surface area (Å²) in [5.41, 5.74) is 9.67. The van der Waals surface area contributed by atoms with Gasteiger partial charge in [0.25, 0.3) is 5.91 Å². The van der Waals surface area contributed by atoms with Crippen LogP contribution in [0.4, 0.5) is 5.69 Å². The molecule has 0 saturated heterocycles. The molecule has 1 amide bonds. The van der Waals surface area contributed by atoms with Gasteiger partial charge in [-0.3, -0.25) is 10.2 Å². The number of hydrazone groups is 2. The monoisotopic (exact) mass is 346 g/mol. The van der Waals surface area contributed by atoms with E-state index >= 15 is 0 Å². The third kappa shape index (κ3) is 2.68. The molecule has 1 aromatic carbocycles. The molecule has 26 heavy (non-hydrogen) atoms. The molecule has 0 radical (unpaired) electrons. The van der Waals surface area contributed by atoms with Crippen LogP contribution >= 0.6 is 0 Å². The summed E-state index contributed by atoms with van der Waals surface area (Å²) in [5, 5.41) is 8.84. The zero-order valence-corrected chi connectivity index (χ0v) is 14.6. The van der Waals surface area contributed by atoms with Gasteiger partial charge in [-0.05, 0) is 61.8 Å². The lowest BCUT2D eigenvalue weighted by molar-refractivity contribution is 0.0954. The van der Waals surface area contributed by atoms with E-state index in [4.69, 9.17) is 0 Å². The van der Waals surface area contributed by atoms with E-state index in [2.05, 4.69) is 45.4 Å². The lowest BCUT2D eigenvalue weighted by Crippen LogP contribution is -2.35. The average molecular weight is 346 g/mol. The van der Waals surface area contributed by atoms with Crippen molar-refractivity contribution in [3.05, 3.63) is 54.1 Å². The van der Waals surface area contributed by atoms with Crippen molar-refractivity contribution in [2.24, 2.45) is 33.9 Å². The standard InChI is InChI=1S/C21H22N4O/c26-21(25-24-20-12-15-4-2-6-18(15)20)13-7-9-16(10-8-13)22-23-19-11-14-3-1-5-17(14)19/h1-4,7-10,14-15,17-18,22H,5-6,11-12H2,(H,25,26)/b23-19-,24-20+. The van der Waals surface area contributed by atoms with Crippen LogP contribution < -0.4 is 10.9 Å². The highest BCUT2D eigenvalue weighted by Crippen LogP contribution is 2.41. The summed E-state index contributed by atoms with van der Waals surface area (Å²) in [7, 11) is 0. The molecule has 1 aromatic rings. The Kier molecular flexibility index (Phi) is 3.73. The highest BCUT2D eigenvalue weighted by molar-refractivity contribution is 5.98. The van der Waals surface area contributed by atoms with E-state index in [1.165, 1.54) is 5.71 Å². The predicted octanol–water partition coefficient (Wildman–Crippen LogP) is 3.73. The Balaban J connectivity index is 1.15. The van der Waals surface area contributed by atoms with E-state index < -0.39 is 0 Å². The fourth-order valence-electron chi connectivity index (χ4n) is 4.35. The van der Waals surface area contributed by atoms with E-state index in [-0.39, 0.29) is 5.91 Å². The van der Waals surface area contributed by atoms with Crippen LogP contribution in [0, 0.1) is 23.7 Å². The zero-order chi connectivity index (χ0) is 17.5. The lowest BCUT2D eigenvalue weighted by Gasteiger charge is -2.32. The molecule has 0 aliphatic heterocycles. The minimum absolute atomic E-state index is 0.163. The van der Waals surface area contributed by atoms with Crippen molar-refractivity contribution in [1.29, 1.82) is 0 Å². The number of hydrogen-bond acceptors (Lipinski definition) is 4. The smallest absolute Gasteiger partial charge is 0.271 e. The molecule has 0 bridgehead atoms. The predicted molar refractivity (Wildman–Crippen MR) is 103 cm³/mol. The number of fused-ring (bicyclic) bond motifs is 2. The highest BCUT2D eigenvalue weighted by Gasteiger charge is 2.38. The molecule has 0 aromatic heterocycles. The molecular formula is C21H22N4O. The van der Waals surface area contributed by atoms with Crippen molar-refractivity contribution in [3.8, 4) is 0 Å². The van der Waals surface area contributed by atoms with E-state index in [0.29, 0.717) is 29.2 Å². The Morgan fingerprint density at radius 3 is 2.12 bits per heavy atom. The first-order valence-corrected chi connectivity index (χ1v) is 9.40. The lowest BCUT2D eigenvalue weighted by atomic mass is 9.74. The number of allylic oxidation sites excluding steroid dienone is 4. The van der Waals surface area contributed by atoms with Crippen molar-refractivity contribution in [3.63, 3.8) is 0 Å². The Morgan fingerprint density at radius 2 is 1.50 bits per heavy atom. The number of hydrogen-bond donors (Lipinski definition) is 2. The van der Waals surface area contributed by atoms with Gasteiger partial charge in [0.1, 0.15) is 0 Å². The maximum atomic E-state index is 12.3. The minimum atomic E-state index is -0.163. The van der Waals surface area contributed by atoms with Crippen molar-refractivity contribution < 1.29 is 4.79 Å². The Labute approximate surface area is 152 Å². The molecule has 0 heterocycles. The SMILES string of the molecule is O=C(N/N=C1\CC2C=CCC12)c1ccc(N/N=C2/CC3C=CCC23)cc1. The zero-order valence-electron chi connectivity index (χ0n) is 14.6. The van der Waals surface area contributed by atoms with Crippen molar-refractivity contribution >= 4 is 23.0 Å². The summed E-state index contributed by atoms with van der Waals surface area (Å²) < 4.78 is 0. The second-order valence-electron chi connectivity index (χ2n) is 7.61. The quantitative estimate of drug-likeness (QED) is 0.644. The molecule has 2 saturated carbocycles. The van der Waals surface area contributed by atoms with Gasteiger partial charge < -0.3 is 0 Å². The molecule has 0 spiro atoms. The molecule has 5 heteroatoms. The normalized spacial score (nSPS) is 33.5. The van der Waals surface area contributed by atoms with Gasteiger partial charge in [-0.15, -0.1) is 0 Å². The first-order valence-electron chi connectivity index (χ1n) is 9.40. The highest BCUT2D eigenvalue weighted by atomic mass is 16.2. The second-order valence-corrected chi connectivity index (χ2v) is 7.61. The van der Waals surface area contributed by atoms with Gasteiger partial charge in [-0.25, -0.2) is 5.43 Å². The van der Waals surface area contributed by atoms with Crippen LogP contribution in [-0.2, 0) is 0 Å². The summed E-state index contributed by atoms with van der Waals surface area (Å²) in [6.07, 6.45) is 13.2. The first kappa shape index (κ1) is 15.6. The van der Waals surface area contributed by atoms with Crippen LogP contribution in [-0.4, -0.2) is 17.3 Å². The van der Waals surface area contributed by atoms with E-state index in [0.717, 1.165) is 37.1 Å². The van der Waals surface area contributed by atoms with Gasteiger partial charge >= 0.3 is 0 Å². The molecule has 132 valence electrons. The van der Waals surface area contributed by atoms with Crippen LogP contribution in [0.5, 0.6) is 0 Å². The van der Waals surface area contributed by atoms with Gasteiger partial charge in [-0.1, -0.05) is 24.3 Å². The second kappa shape index (κ2) is 6.24. The third-order valence-corrected chi connectivity index (χ3v) is 6.10. The van der Waals surface area contributed by atoms with Crippen LogP contribution in [0.25, 0.3) is 0 Å². The number of rotatable bonds is 4. The molecule has 4 unspecified atom stereocenters. The van der Waals surface area contributed by atoms with Crippen molar-refractivity contribution in [2.75, 3.05) is 5.43 Å². The molecule has 5 nitrogen and oxygen atoms in total. The topological polar surface area (TPSA) is 65.8 Å². The Morgan fingerprint density at radius 1 is 0.885 bits per heavy atom. The molecule has 5 rings (SSSR count). The summed E-state index contributed by atoms with van der Waals surface area (Å²) in [4.78, 5) is 12.3. The number of amides is 1. The van der Waals surface area contributed by atoms with Gasteiger partial charge in [0, 0.05) is 28.8 Å². The molecule has 4 atom stereocenters. The van der Waals surface area contributed by atoms with E-state index in [1.54, 1.807) is 12.1 Å². The number of nitrogens with one attached hydrogen (secondary N) is 2. The van der Waals surface area contributed by atoms with Gasteiger partial charge in [0.15, 0.2) is 0 Å². The van der Waals surface area contributed by atoms with Gasteiger partial charge in [-0.2, -0.15) is 10.2 Å². The van der Waals surface area contributed by atoms with Crippen LogP contribution in [0.1, 0.15) is 36.0 Å². The number of carbonyl (C=O) groups excluding carboxylic acids is 1. The maximum absolute atomic E-state index is 12.3. The average Bonchev–Trinajstić information content (AvgIpc) is 3.19.